The van der Waals surface area contributed by atoms with Gasteiger partial charge in [0.25, 0.3) is 0 Å². The van der Waals surface area contributed by atoms with Gasteiger partial charge in [-0.2, -0.15) is 0 Å². The van der Waals surface area contributed by atoms with Gasteiger partial charge in [0.2, 0.25) is 0 Å². The van der Waals surface area contributed by atoms with E-state index in [1.54, 1.807) is 7.05 Å². The first-order valence-corrected chi connectivity index (χ1v) is 4.19. The number of nitrogens with zero attached hydrogens (tertiary/aromatic N) is 1. The second kappa shape index (κ2) is 6.16. The van der Waals surface area contributed by atoms with Crippen LogP contribution in [0.3, 0.4) is 0 Å². The molecule has 0 heterocycles. The lowest BCUT2D eigenvalue weighted by Gasteiger charge is -2.12. The van der Waals surface area contributed by atoms with Crippen LogP contribution in [0.1, 0.15) is 33.1 Å². The zero-order valence-electron chi connectivity index (χ0n) is 7.72. The second-order valence-corrected chi connectivity index (χ2v) is 2.80. The largest absolute Gasteiger partial charge is 0.312 e. The Hall–Kier alpha value is -0.570. The monoisotopic (exact) mass is 157 g/mol. The highest BCUT2D eigenvalue weighted by Gasteiger charge is 2.06. The molecule has 11 heavy (non-hydrogen) atoms. The highest BCUT2D eigenvalue weighted by molar-refractivity contribution is 5.83. The molecule has 0 fully saturated rings. The first-order valence-electron chi connectivity index (χ1n) is 4.19. The van der Waals surface area contributed by atoms with Gasteiger partial charge in [0.05, 0.1) is 0 Å². The molecule has 0 amide bonds. The molecule has 0 radical (unpaired) electrons. The number of unbranched alkanes of at least 4 members (excludes halogenated alkanes) is 1. The number of rotatable bonds is 4. The summed E-state index contributed by atoms with van der Waals surface area (Å²) in [5.74, 6) is 6.64. The summed E-state index contributed by atoms with van der Waals surface area (Å²) < 4.78 is 0. The van der Waals surface area contributed by atoms with Crippen molar-refractivity contribution in [1.82, 2.24) is 5.43 Å². The Balaban J connectivity index is 3.70. The number of hydrogen-bond acceptors (Lipinski definition) is 2. The molecular formula is C8H19N3. The Labute approximate surface area is 69.0 Å². The molecule has 0 aliphatic carbocycles. The fraction of sp³-hybridized carbons (Fsp3) is 0.875. The molecule has 0 rings (SSSR count). The molecule has 0 aliphatic rings. The lowest BCUT2D eigenvalue weighted by atomic mass is 10.0. The van der Waals surface area contributed by atoms with E-state index in [1.807, 2.05) is 0 Å². The Morgan fingerprint density at radius 2 is 2.27 bits per heavy atom. The number of amidine groups is 1. The van der Waals surface area contributed by atoms with Gasteiger partial charge in [0.15, 0.2) is 0 Å². The fourth-order valence-corrected chi connectivity index (χ4v) is 1.07. The molecular weight excluding hydrogens is 138 g/mol. The van der Waals surface area contributed by atoms with Crippen molar-refractivity contribution in [3.05, 3.63) is 0 Å². The van der Waals surface area contributed by atoms with Crippen LogP contribution in [-0.4, -0.2) is 12.9 Å². The molecule has 1 unspecified atom stereocenters. The molecule has 0 aromatic carbocycles. The van der Waals surface area contributed by atoms with Gasteiger partial charge in [-0.1, -0.05) is 26.7 Å². The SMILES string of the molecule is CCCCC(C)C(=NC)NN. The van der Waals surface area contributed by atoms with Gasteiger partial charge >= 0.3 is 0 Å². The van der Waals surface area contributed by atoms with Crippen LogP contribution in [0.4, 0.5) is 0 Å². The van der Waals surface area contributed by atoms with E-state index in [1.165, 1.54) is 12.8 Å². The zero-order chi connectivity index (χ0) is 8.69. The van der Waals surface area contributed by atoms with E-state index < -0.39 is 0 Å². The molecule has 3 N–H and O–H groups in total. The van der Waals surface area contributed by atoms with Crippen LogP contribution in [0.15, 0.2) is 4.99 Å². The van der Waals surface area contributed by atoms with Gasteiger partial charge < -0.3 is 5.43 Å². The van der Waals surface area contributed by atoms with Crippen molar-refractivity contribution in [2.24, 2.45) is 16.8 Å². The fourth-order valence-electron chi connectivity index (χ4n) is 1.07. The van der Waals surface area contributed by atoms with E-state index in [4.69, 9.17) is 5.84 Å². The van der Waals surface area contributed by atoms with Gasteiger partial charge in [-0.25, -0.2) is 5.84 Å². The molecule has 3 heteroatoms. The van der Waals surface area contributed by atoms with Crippen molar-refractivity contribution in [3.8, 4) is 0 Å². The Bertz CT molecular complexity index is 121. The van der Waals surface area contributed by atoms with Gasteiger partial charge in [0, 0.05) is 13.0 Å². The summed E-state index contributed by atoms with van der Waals surface area (Å²) in [5, 5.41) is 0. The third-order valence-corrected chi connectivity index (χ3v) is 1.85. The molecule has 0 saturated heterocycles. The van der Waals surface area contributed by atoms with Crippen LogP contribution in [0.5, 0.6) is 0 Å². The third kappa shape index (κ3) is 3.98. The summed E-state index contributed by atoms with van der Waals surface area (Å²) in [5.41, 5.74) is 2.61. The Morgan fingerprint density at radius 3 is 2.64 bits per heavy atom. The minimum atomic E-state index is 0.463. The minimum absolute atomic E-state index is 0.463. The van der Waals surface area contributed by atoms with Crippen LogP contribution in [0.25, 0.3) is 0 Å². The summed E-state index contributed by atoms with van der Waals surface area (Å²) in [6.07, 6.45) is 3.63. The van der Waals surface area contributed by atoms with E-state index in [2.05, 4.69) is 24.3 Å². The zero-order valence-corrected chi connectivity index (χ0v) is 7.72. The summed E-state index contributed by atoms with van der Waals surface area (Å²) in [6, 6.07) is 0. The highest BCUT2D eigenvalue weighted by Crippen LogP contribution is 2.07. The van der Waals surface area contributed by atoms with E-state index in [-0.39, 0.29) is 0 Å². The van der Waals surface area contributed by atoms with Crippen LogP contribution >= 0.6 is 0 Å². The molecule has 0 bridgehead atoms. The molecule has 0 saturated carbocycles. The predicted molar refractivity (Wildman–Crippen MR) is 49.4 cm³/mol. The summed E-state index contributed by atoms with van der Waals surface area (Å²) in [7, 11) is 1.76. The van der Waals surface area contributed by atoms with Gasteiger partial charge in [0.1, 0.15) is 5.84 Å². The third-order valence-electron chi connectivity index (χ3n) is 1.85. The van der Waals surface area contributed by atoms with E-state index in [0.717, 1.165) is 12.3 Å². The summed E-state index contributed by atoms with van der Waals surface area (Å²) in [4.78, 5) is 4.04. The average Bonchev–Trinajstić information content (AvgIpc) is 2.03. The first kappa shape index (κ1) is 10.4. The minimum Gasteiger partial charge on any atom is -0.312 e. The predicted octanol–water partition coefficient (Wildman–Crippen LogP) is 1.30. The van der Waals surface area contributed by atoms with Crippen LogP contribution < -0.4 is 11.3 Å². The van der Waals surface area contributed by atoms with E-state index in [9.17, 15) is 0 Å². The number of hydrazine groups is 1. The highest BCUT2D eigenvalue weighted by atomic mass is 15.2. The molecule has 0 aliphatic heterocycles. The quantitative estimate of drug-likeness (QED) is 0.280. The molecule has 0 aromatic rings. The van der Waals surface area contributed by atoms with E-state index in [0.29, 0.717) is 5.92 Å². The number of nitrogens with two attached hydrogens (primary N) is 1. The Morgan fingerprint density at radius 1 is 1.64 bits per heavy atom. The van der Waals surface area contributed by atoms with Gasteiger partial charge in [-0.05, 0) is 6.42 Å². The topological polar surface area (TPSA) is 50.4 Å². The second-order valence-electron chi connectivity index (χ2n) is 2.80. The van der Waals surface area contributed by atoms with Crippen LogP contribution in [0.2, 0.25) is 0 Å². The van der Waals surface area contributed by atoms with Crippen molar-refractivity contribution in [3.63, 3.8) is 0 Å². The maximum atomic E-state index is 5.28. The van der Waals surface area contributed by atoms with E-state index >= 15 is 0 Å². The molecule has 0 spiro atoms. The van der Waals surface area contributed by atoms with Crippen LogP contribution in [-0.2, 0) is 0 Å². The lowest BCUT2D eigenvalue weighted by molar-refractivity contribution is 0.608. The molecule has 3 nitrogen and oxygen atoms in total. The van der Waals surface area contributed by atoms with Gasteiger partial charge in [-0.3, -0.25) is 4.99 Å². The summed E-state index contributed by atoms with van der Waals surface area (Å²) >= 11 is 0. The van der Waals surface area contributed by atoms with Crippen LogP contribution in [0, 0.1) is 5.92 Å². The maximum absolute atomic E-state index is 5.28. The number of nitrogens with one attached hydrogen (secondary N) is 1. The average molecular weight is 157 g/mol. The van der Waals surface area contributed by atoms with Crippen molar-refractivity contribution in [2.45, 2.75) is 33.1 Å². The smallest absolute Gasteiger partial charge is 0.113 e. The van der Waals surface area contributed by atoms with Crippen molar-refractivity contribution in [1.29, 1.82) is 0 Å². The molecule has 1 atom stereocenters. The normalized spacial score (nSPS) is 14.7. The first-order chi connectivity index (χ1) is 5.26. The standard InChI is InChI=1S/C8H19N3/c1-4-5-6-7(2)8(10-3)11-9/h7H,4-6,9H2,1-3H3,(H,10,11). The number of hydrogen-bond donors (Lipinski definition) is 2. The molecule has 66 valence electrons. The maximum Gasteiger partial charge on any atom is 0.113 e. The van der Waals surface area contributed by atoms with Gasteiger partial charge in [-0.15, -0.1) is 0 Å². The van der Waals surface area contributed by atoms with Crippen molar-refractivity contribution < 1.29 is 0 Å². The van der Waals surface area contributed by atoms with Crippen molar-refractivity contribution in [2.75, 3.05) is 7.05 Å². The Kier molecular flexibility index (Phi) is 5.84. The van der Waals surface area contributed by atoms with Crippen molar-refractivity contribution >= 4 is 5.84 Å². The lowest BCUT2D eigenvalue weighted by Crippen LogP contribution is -2.35. The number of aliphatic imine (C=N–C) groups is 1. The summed E-state index contributed by atoms with van der Waals surface area (Å²) in [6.45, 7) is 4.32. The molecule has 0 aromatic heterocycles.